The molecule has 2 aliphatic carbocycles. The Morgan fingerprint density at radius 3 is 1.82 bits per heavy atom. The Labute approximate surface area is 452 Å². The van der Waals surface area contributed by atoms with Crippen molar-refractivity contribution >= 4 is 22.6 Å². The smallest absolute Gasteiger partial charge is 0.416 e. The second-order valence-corrected chi connectivity index (χ2v) is 22.1. The number of carbonyl (C=O) groups is 1. The molecule has 0 amide bonds. The summed E-state index contributed by atoms with van der Waals surface area (Å²) in [6, 6.07) is 50.5. The number of ether oxygens (including phenoxy) is 3. The molecule has 11 rings (SSSR count). The van der Waals surface area contributed by atoms with Gasteiger partial charge < -0.3 is 14.2 Å². The van der Waals surface area contributed by atoms with Gasteiger partial charge in [0.15, 0.2) is 11.4 Å². The molecule has 4 nitrogen and oxygen atoms in total. The molecular weight excluding hydrogens is 962 g/mol. The molecule has 1 atom stereocenters. The number of carbonyl (C=O) groups excluding carboxylic acids is 1. The van der Waals surface area contributed by atoms with Crippen LogP contribution in [-0.2, 0) is 17.2 Å². The first kappa shape index (κ1) is 51.7. The van der Waals surface area contributed by atoms with E-state index in [-0.39, 0.29) is 5.78 Å². The van der Waals surface area contributed by atoms with E-state index in [1.54, 1.807) is 13.2 Å². The number of hydrogen-bond acceptors (Lipinski definition) is 4. The molecular formula is C70H67F3O4. The highest BCUT2D eigenvalue weighted by Crippen LogP contribution is 2.59. The molecule has 0 bridgehead atoms. The minimum Gasteiger partial charge on any atom is -0.497 e. The van der Waals surface area contributed by atoms with Crippen LogP contribution >= 0.6 is 0 Å². The van der Waals surface area contributed by atoms with Crippen molar-refractivity contribution in [3.05, 3.63) is 214 Å². The van der Waals surface area contributed by atoms with Crippen molar-refractivity contribution < 1.29 is 32.2 Å². The quantitative estimate of drug-likeness (QED) is 0.0715. The molecule has 1 fully saturated rings. The van der Waals surface area contributed by atoms with Crippen LogP contribution in [-0.4, -0.2) is 19.5 Å². The molecule has 1 heterocycles. The maximum Gasteiger partial charge on any atom is 0.416 e. The fourth-order valence-electron chi connectivity index (χ4n) is 12.5. The summed E-state index contributed by atoms with van der Waals surface area (Å²) in [4.78, 5) is 13.9. The third-order valence-corrected chi connectivity index (χ3v) is 16.9. The van der Waals surface area contributed by atoms with Crippen molar-refractivity contribution in [2.45, 2.75) is 115 Å². The Kier molecular flexibility index (Phi) is 14.2. The lowest BCUT2D eigenvalue weighted by Crippen LogP contribution is -2.35. The zero-order valence-electron chi connectivity index (χ0n) is 44.9. The first-order chi connectivity index (χ1) is 37.3. The van der Waals surface area contributed by atoms with E-state index < -0.39 is 22.8 Å². The van der Waals surface area contributed by atoms with Crippen molar-refractivity contribution in [3.63, 3.8) is 0 Å². The Bertz CT molecular complexity index is 3450. The maximum absolute atomic E-state index is 14.8. The van der Waals surface area contributed by atoms with Gasteiger partial charge in [-0.1, -0.05) is 181 Å². The van der Waals surface area contributed by atoms with Crippen LogP contribution in [0.15, 0.2) is 164 Å². The SMILES string of the molecule is CCCCCC1CCC(c2ccc(-c3ccc(C(=O)c4ccc(-c5ccc6c(c5)-c5c(c7c(c8cc(C(F)(F)F)ccc58)OC(c5ccc(OC)cc5)(c5ccc(OCCCC)cc5)C=C7)C6(C)C)cc4)cc3)cc2)CC1. The van der Waals surface area contributed by atoms with Crippen molar-refractivity contribution in [2.75, 3.05) is 13.7 Å². The molecule has 1 saturated carbocycles. The van der Waals surface area contributed by atoms with Gasteiger partial charge >= 0.3 is 6.18 Å². The van der Waals surface area contributed by atoms with E-state index >= 15 is 0 Å². The van der Waals surface area contributed by atoms with E-state index in [9.17, 15) is 18.0 Å². The fraction of sp³-hybridized carbons (Fsp3) is 0.300. The molecule has 0 N–H and O–H groups in total. The number of unbranched alkanes of at least 4 members (excludes halogenated alkanes) is 3. The third-order valence-electron chi connectivity index (χ3n) is 16.9. The van der Waals surface area contributed by atoms with Crippen LogP contribution in [0.5, 0.6) is 17.2 Å². The van der Waals surface area contributed by atoms with E-state index in [1.165, 1.54) is 69.1 Å². The number of benzene rings is 8. The number of ketones is 1. The number of methoxy groups -OCH3 is 1. The molecule has 0 spiro atoms. The summed E-state index contributed by atoms with van der Waals surface area (Å²) >= 11 is 0. The lowest BCUT2D eigenvalue weighted by Gasteiger charge is -2.38. The van der Waals surface area contributed by atoms with Gasteiger partial charge in [-0.05, 0) is 148 Å². The Morgan fingerprint density at radius 1 is 0.636 bits per heavy atom. The van der Waals surface area contributed by atoms with Crippen LogP contribution in [0.1, 0.15) is 153 Å². The standard InChI is InChI=1S/C70H67F3O4/c1-6-8-10-11-45-12-14-46(15-13-45)47-16-18-48(19-17-47)49-20-24-51(25-21-49)66(74)52-26-22-50(23-27-52)53-28-39-63-62(43-53)64-59-38-33-56(70(71,72)73)44-61(59)67-60(65(64)68(63,3)4)40-41-69(77-67,54-29-34-57(75-5)35-30-54)55-31-36-58(37-32-55)76-42-9-7-2/h16-41,43-46H,6-15,42H2,1-5H3. The minimum absolute atomic E-state index is 0.0532. The molecule has 392 valence electrons. The largest absolute Gasteiger partial charge is 0.497 e. The van der Waals surface area contributed by atoms with Crippen LogP contribution in [0, 0.1) is 5.92 Å². The highest BCUT2D eigenvalue weighted by molar-refractivity contribution is 6.10. The van der Waals surface area contributed by atoms with E-state index in [4.69, 9.17) is 14.2 Å². The average molecular weight is 1030 g/mol. The number of alkyl halides is 3. The van der Waals surface area contributed by atoms with Crippen molar-refractivity contribution in [3.8, 4) is 50.6 Å². The van der Waals surface area contributed by atoms with Gasteiger partial charge in [0.05, 0.1) is 19.3 Å². The lowest BCUT2D eigenvalue weighted by atomic mass is 9.76. The number of fused-ring (bicyclic) bond motifs is 8. The topological polar surface area (TPSA) is 44.8 Å². The van der Waals surface area contributed by atoms with E-state index in [0.29, 0.717) is 45.9 Å². The monoisotopic (exact) mass is 1030 g/mol. The van der Waals surface area contributed by atoms with Crippen LogP contribution < -0.4 is 14.2 Å². The Balaban J connectivity index is 0.890. The van der Waals surface area contributed by atoms with Gasteiger partial charge in [0, 0.05) is 38.6 Å². The molecule has 0 aromatic heterocycles. The number of halogens is 3. The zero-order chi connectivity index (χ0) is 53.5. The van der Waals surface area contributed by atoms with E-state index in [1.807, 2.05) is 109 Å². The lowest BCUT2D eigenvalue weighted by molar-refractivity contribution is -0.137. The minimum atomic E-state index is -4.59. The normalized spacial score (nSPS) is 18.3. The van der Waals surface area contributed by atoms with Gasteiger partial charge in [0.2, 0.25) is 0 Å². The van der Waals surface area contributed by atoms with Crippen LogP contribution in [0.25, 0.3) is 50.2 Å². The second-order valence-electron chi connectivity index (χ2n) is 22.1. The summed E-state index contributed by atoms with van der Waals surface area (Å²) in [6.45, 7) is 9.35. The highest BCUT2D eigenvalue weighted by Gasteiger charge is 2.45. The molecule has 8 aromatic carbocycles. The summed E-state index contributed by atoms with van der Waals surface area (Å²) in [5.41, 5.74) is 10.4. The molecule has 7 heteroatoms. The molecule has 0 radical (unpaired) electrons. The number of hydrogen-bond donors (Lipinski definition) is 0. The van der Waals surface area contributed by atoms with Crippen molar-refractivity contribution in [1.29, 1.82) is 0 Å². The third kappa shape index (κ3) is 9.87. The first-order valence-electron chi connectivity index (χ1n) is 27.8. The summed E-state index contributed by atoms with van der Waals surface area (Å²) in [6.07, 6.45) is 12.1. The average Bonchev–Trinajstić information content (AvgIpc) is 4.01. The van der Waals surface area contributed by atoms with Crippen LogP contribution in [0.4, 0.5) is 13.2 Å². The zero-order valence-corrected chi connectivity index (χ0v) is 44.9. The molecule has 77 heavy (non-hydrogen) atoms. The molecule has 0 saturated heterocycles. The maximum atomic E-state index is 14.8. The van der Waals surface area contributed by atoms with Crippen molar-refractivity contribution in [1.82, 2.24) is 0 Å². The molecule has 1 aliphatic heterocycles. The Hall–Kier alpha value is -7.38. The van der Waals surface area contributed by atoms with E-state index in [0.717, 1.165) is 85.7 Å². The van der Waals surface area contributed by atoms with Gasteiger partial charge in [-0.2, -0.15) is 13.2 Å². The van der Waals surface area contributed by atoms with Crippen LogP contribution in [0.2, 0.25) is 0 Å². The predicted molar refractivity (Wildman–Crippen MR) is 306 cm³/mol. The van der Waals surface area contributed by atoms with Gasteiger partial charge in [0.25, 0.3) is 0 Å². The highest BCUT2D eigenvalue weighted by atomic mass is 19.4. The Morgan fingerprint density at radius 2 is 1.22 bits per heavy atom. The predicted octanol–water partition coefficient (Wildman–Crippen LogP) is 19.1. The van der Waals surface area contributed by atoms with Gasteiger partial charge in [-0.25, -0.2) is 0 Å². The molecule has 8 aromatic rings. The number of rotatable bonds is 16. The molecule has 1 unspecified atom stereocenters. The summed E-state index contributed by atoms with van der Waals surface area (Å²) < 4.78 is 63.3. The summed E-state index contributed by atoms with van der Waals surface area (Å²) in [5.74, 6) is 3.26. The second kappa shape index (κ2) is 21.2. The van der Waals surface area contributed by atoms with Crippen LogP contribution in [0.3, 0.4) is 0 Å². The van der Waals surface area contributed by atoms with E-state index in [2.05, 4.69) is 70.2 Å². The van der Waals surface area contributed by atoms with Gasteiger partial charge in [0.1, 0.15) is 17.2 Å². The summed E-state index contributed by atoms with van der Waals surface area (Å²) in [7, 11) is 1.61. The van der Waals surface area contributed by atoms with Crippen molar-refractivity contribution in [2.24, 2.45) is 5.92 Å². The van der Waals surface area contributed by atoms with Gasteiger partial charge in [-0.15, -0.1) is 0 Å². The fourth-order valence-corrected chi connectivity index (χ4v) is 12.5. The first-order valence-corrected chi connectivity index (χ1v) is 27.8. The molecule has 3 aliphatic rings. The van der Waals surface area contributed by atoms with Gasteiger partial charge in [-0.3, -0.25) is 4.79 Å². The summed E-state index contributed by atoms with van der Waals surface area (Å²) in [5, 5.41) is 1.04.